The summed E-state index contributed by atoms with van der Waals surface area (Å²) in [6.45, 7) is -0.00516. The molecule has 0 bridgehead atoms. The molecule has 104 valence electrons. The zero-order valence-electron chi connectivity index (χ0n) is 10.5. The lowest BCUT2D eigenvalue weighted by Gasteiger charge is -2.12. The van der Waals surface area contributed by atoms with E-state index in [0.717, 1.165) is 6.07 Å². The molecule has 2 rings (SSSR count). The summed E-state index contributed by atoms with van der Waals surface area (Å²) in [5, 5.41) is 12.7. The average Bonchev–Trinajstić information content (AvgIpc) is 2.47. The Morgan fingerprint density at radius 3 is 2.65 bits per heavy atom. The highest BCUT2D eigenvalue weighted by Crippen LogP contribution is 2.15. The number of rotatable bonds is 4. The van der Waals surface area contributed by atoms with Crippen LogP contribution in [0.1, 0.15) is 22.0 Å². The number of carbonyl (C=O) groups is 1. The first kappa shape index (κ1) is 14.5. The minimum Gasteiger partial charge on any atom is -0.387 e. The van der Waals surface area contributed by atoms with Crippen molar-refractivity contribution in [3.05, 3.63) is 70.5 Å². The van der Waals surface area contributed by atoms with Gasteiger partial charge in [0.15, 0.2) is 0 Å². The summed E-state index contributed by atoms with van der Waals surface area (Å²) in [4.78, 5) is 11.8. The van der Waals surface area contributed by atoms with E-state index in [-0.39, 0.29) is 17.1 Å². The molecule has 1 unspecified atom stereocenters. The highest BCUT2D eigenvalue weighted by molar-refractivity contribution is 6.30. The van der Waals surface area contributed by atoms with Crippen molar-refractivity contribution in [2.24, 2.45) is 0 Å². The van der Waals surface area contributed by atoms with Gasteiger partial charge in [-0.1, -0.05) is 41.9 Å². The van der Waals surface area contributed by atoms with Gasteiger partial charge in [0.1, 0.15) is 5.82 Å². The van der Waals surface area contributed by atoms with Crippen LogP contribution in [0.4, 0.5) is 4.39 Å². The minimum absolute atomic E-state index is 0.00516. The molecule has 3 nitrogen and oxygen atoms in total. The zero-order chi connectivity index (χ0) is 14.5. The van der Waals surface area contributed by atoms with Gasteiger partial charge in [-0.2, -0.15) is 0 Å². The third-order valence-corrected chi connectivity index (χ3v) is 3.05. The van der Waals surface area contributed by atoms with Gasteiger partial charge in [-0.05, 0) is 23.8 Å². The van der Waals surface area contributed by atoms with Gasteiger partial charge in [0, 0.05) is 11.6 Å². The molecule has 0 radical (unpaired) electrons. The molecular weight excluding hydrogens is 281 g/mol. The maximum Gasteiger partial charge on any atom is 0.254 e. The maximum absolute atomic E-state index is 13.5. The average molecular weight is 294 g/mol. The molecule has 0 spiro atoms. The Morgan fingerprint density at radius 1 is 1.25 bits per heavy atom. The Hall–Kier alpha value is -1.91. The summed E-state index contributed by atoms with van der Waals surface area (Å²) in [5.41, 5.74) is 0.539. The SMILES string of the molecule is O=C(NCC(O)c1ccccc1)c1cc(Cl)ccc1F. The van der Waals surface area contributed by atoms with Crippen molar-refractivity contribution in [3.8, 4) is 0 Å². The zero-order valence-corrected chi connectivity index (χ0v) is 11.3. The van der Waals surface area contributed by atoms with Crippen LogP contribution >= 0.6 is 11.6 Å². The van der Waals surface area contributed by atoms with Gasteiger partial charge < -0.3 is 10.4 Å². The highest BCUT2D eigenvalue weighted by Gasteiger charge is 2.14. The fourth-order valence-electron chi connectivity index (χ4n) is 1.75. The van der Waals surface area contributed by atoms with Crippen molar-refractivity contribution in [2.75, 3.05) is 6.54 Å². The van der Waals surface area contributed by atoms with E-state index in [0.29, 0.717) is 5.56 Å². The molecular formula is C15H13ClFNO2. The highest BCUT2D eigenvalue weighted by atomic mass is 35.5. The molecule has 0 saturated heterocycles. The Kier molecular flexibility index (Phi) is 4.71. The lowest BCUT2D eigenvalue weighted by Crippen LogP contribution is -2.29. The molecule has 0 aliphatic rings. The van der Waals surface area contributed by atoms with Crippen LogP contribution < -0.4 is 5.32 Å². The van der Waals surface area contributed by atoms with Crippen molar-refractivity contribution in [1.29, 1.82) is 0 Å². The fraction of sp³-hybridized carbons (Fsp3) is 0.133. The predicted molar refractivity (Wildman–Crippen MR) is 75.1 cm³/mol. The van der Waals surface area contributed by atoms with E-state index in [1.807, 2.05) is 6.07 Å². The molecule has 1 amide bonds. The molecule has 2 N–H and O–H groups in total. The topological polar surface area (TPSA) is 49.3 Å². The van der Waals surface area contributed by atoms with Crippen molar-refractivity contribution in [1.82, 2.24) is 5.32 Å². The number of carbonyl (C=O) groups excluding carboxylic acids is 1. The van der Waals surface area contributed by atoms with Gasteiger partial charge in [0.25, 0.3) is 5.91 Å². The number of aliphatic hydroxyl groups is 1. The van der Waals surface area contributed by atoms with Crippen LogP contribution in [0, 0.1) is 5.82 Å². The molecule has 0 heterocycles. The van der Waals surface area contributed by atoms with E-state index in [1.165, 1.54) is 12.1 Å². The van der Waals surface area contributed by atoms with Gasteiger partial charge in [-0.25, -0.2) is 4.39 Å². The normalized spacial score (nSPS) is 11.9. The second kappa shape index (κ2) is 6.50. The van der Waals surface area contributed by atoms with E-state index in [9.17, 15) is 14.3 Å². The van der Waals surface area contributed by atoms with Crippen molar-refractivity contribution >= 4 is 17.5 Å². The van der Waals surface area contributed by atoms with Crippen LogP contribution in [0.3, 0.4) is 0 Å². The van der Waals surface area contributed by atoms with E-state index in [1.54, 1.807) is 24.3 Å². The quantitative estimate of drug-likeness (QED) is 0.910. The van der Waals surface area contributed by atoms with E-state index in [4.69, 9.17) is 11.6 Å². The summed E-state index contributed by atoms with van der Waals surface area (Å²) >= 11 is 5.72. The summed E-state index contributed by atoms with van der Waals surface area (Å²) in [5.74, 6) is -1.26. The summed E-state index contributed by atoms with van der Waals surface area (Å²) in [7, 11) is 0. The van der Waals surface area contributed by atoms with E-state index < -0.39 is 17.8 Å². The Morgan fingerprint density at radius 2 is 1.95 bits per heavy atom. The third kappa shape index (κ3) is 3.56. The molecule has 0 aromatic heterocycles. The Labute approximate surface area is 121 Å². The van der Waals surface area contributed by atoms with Gasteiger partial charge >= 0.3 is 0 Å². The van der Waals surface area contributed by atoms with Crippen molar-refractivity contribution in [3.63, 3.8) is 0 Å². The van der Waals surface area contributed by atoms with Crippen molar-refractivity contribution < 1.29 is 14.3 Å². The summed E-state index contributed by atoms with van der Waals surface area (Å²) in [6, 6.07) is 12.6. The first-order chi connectivity index (χ1) is 9.58. The second-order valence-corrected chi connectivity index (χ2v) is 4.70. The molecule has 0 aliphatic heterocycles. The van der Waals surface area contributed by atoms with E-state index in [2.05, 4.69) is 5.32 Å². The fourth-order valence-corrected chi connectivity index (χ4v) is 1.92. The third-order valence-electron chi connectivity index (χ3n) is 2.81. The van der Waals surface area contributed by atoms with Gasteiger partial charge in [-0.3, -0.25) is 4.79 Å². The molecule has 2 aromatic carbocycles. The standard InChI is InChI=1S/C15H13ClFNO2/c16-11-6-7-13(17)12(8-11)15(20)18-9-14(19)10-4-2-1-3-5-10/h1-8,14,19H,9H2,(H,18,20). The number of hydrogen-bond donors (Lipinski definition) is 2. The van der Waals surface area contributed by atoms with E-state index >= 15 is 0 Å². The number of amides is 1. The molecule has 0 saturated carbocycles. The molecule has 5 heteroatoms. The minimum atomic E-state index is -0.845. The maximum atomic E-state index is 13.5. The van der Waals surface area contributed by atoms with Crippen LogP contribution in [0.2, 0.25) is 5.02 Å². The number of halogens is 2. The van der Waals surface area contributed by atoms with Gasteiger partial charge in [0.2, 0.25) is 0 Å². The lowest BCUT2D eigenvalue weighted by molar-refractivity contribution is 0.0912. The van der Waals surface area contributed by atoms with Crippen molar-refractivity contribution in [2.45, 2.75) is 6.10 Å². The summed E-state index contributed by atoms with van der Waals surface area (Å²) in [6.07, 6.45) is -0.845. The van der Waals surface area contributed by atoms with Crippen LogP contribution in [0.25, 0.3) is 0 Å². The van der Waals surface area contributed by atoms with Crippen LogP contribution in [-0.2, 0) is 0 Å². The number of hydrogen-bond acceptors (Lipinski definition) is 2. The van der Waals surface area contributed by atoms with Gasteiger partial charge in [0.05, 0.1) is 11.7 Å². The molecule has 1 atom stereocenters. The molecule has 20 heavy (non-hydrogen) atoms. The molecule has 2 aromatic rings. The predicted octanol–water partition coefficient (Wildman–Crippen LogP) is 2.94. The molecule has 0 aliphatic carbocycles. The number of nitrogens with one attached hydrogen (secondary N) is 1. The second-order valence-electron chi connectivity index (χ2n) is 4.26. The summed E-state index contributed by atoms with van der Waals surface area (Å²) < 4.78 is 13.5. The molecule has 0 fully saturated rings. The lowest BCUT2D eigenvalue weighted by atomic mass is 10.1. The Bertz CT molecular complexity index is 604. The number of benzene rings is 2. The number of aliphatic hydroxyl groups excluding tert-OH is 1. The smallest absolute Gasteiger partial charge is 0.254 e. The first-order valence-electron chi connectivity index (χ1n) is 6.04. The Balaban J connectivity index is 2.00. The van der Waals surface area contributed by atoms with Crippen LogP contribution in [-0.4, -0.2) is 17.6 Å². The largest absolute Gasteiger partial charge is 0.387 e. The monoisotopic (exact) mass is 293 g/mol. The van der Waals surface area contributed by atoms with Crippen LogP contribution in [0.5, 0.6) is 0 Å². The first-order valence-corrected chi connectivity index (χ1v) is 6.42. The van der Waals surface area contributed by atoms with Gasteiger partial charge in [-0.15, -0.1) is 0 Å². The van der Waals surface area contributed by atoms with Crippen LogP contribution in [0.15, 0.2) is 48.5 Å².